The van der Waals surface area contributed by atoms with Gasteiger partial charge in [0.1, 0.15) is 6.04 Å². The lowest BCUT2D eigenvalue weighted by atomic mass is 10.2. The van der Waals surface area contributed by atoms with Crippen molar-refractivity contribution in [3.63, 3.8) is 0 Å². The first kappa shape index (κ1) is 21.1. The summed E-state index contributed by atoms with van der Waals surface area (Å²) in [5.74, 6) is -0.364. The number of nitrogens with one attached hydrogen (secondary N) is 1. The Morgan fingerprint density at radius 2 is 1.67 bits per heavy atom. The largest absolute Gasteiger partial charge is 0.373 e. The van der Waals surface area contributed by atoms with Crippen LogP contribution in [0, 0.1) is 0 Å². The number of benzene rings is 2. The summed E-state index contributed by atoms with van der Waals surface area (Å²) in [6.45, 7) is 2.56. The van der Waals surface area contributed by atoms with Crippen LogP contribution in [0.25, 0.3) is 0 Å². The Kier molecular flexibility index (Phi) is 7.10. The number of anilines is 2. The van der Waals surface area contributed by atoms with Gasteiger partial charge in [0, 0.05) is 30.8 Å². The summed E-state index contributed by atoms with van der Waals surface area (Å²) in [4.78, 5) is 14.5. The number of halogens is 1. The maximum absolute atomic E-state index is 12.5. The minimum absolute atomic E-state index is 0.364. The number of amides is 1. The highest BCUT2D eigenvalue weighted by Gasteiger charge is 2.28. The van der Waals surface area contributed by atoms with E-state index in [0.29, 0.717) is 23.8 Å². The van der Waals surface area contributed by atoms with Crippen LogP contribution in [0.1, 0.15) is 6.92 Å². The highest BCUT2D eigenvalue weighted by Crippen LogP contribution is 2.23. The van der Waals surface area contributed by atoms with Gasteiger partial charge >= 0.3 is 0 Å². The third-order valence-corrected chi connectivity index (χ3v) is 5.61. The first-order valence-electron chi connectivity index (χ1n) is 8.49. The number of hydrogen-bond donors (Lipinski definition) is 1. The fourth-order valence-corrected chi connectivity index (χ4v) is 4.00. The molecule has 0 aliphatic carbocycles. The van der Waals surface area contributed by atoms with Crippen LogP contribution in [-0.4, -0.2) is 46.8 Å². The first-order chi connectivity index (χ1) is 12.7. The number of nitrogens with zero attached hydrogens (tertiary/aromatic N) is 2. The van der Waals surface area contributed by atoms with Crippen LogP contribution in [-0.2, 0) is 14.8 Å². The first-order valence-corrected chi connectivity index (χ1v) is 10.7. The van der Waals surface area contributed by atoms with Crippen molar-refractivity contribution in [2.75, 3.05) is 35.6 Å². The third-order valence-electron chi connectivity index (χ3n) is 4.11. The maximum Gasteiger partial charge on any atom is 0.243 e. The van der Waals surface area contributed by atoms with E-state index in [0.717, 1.165) is 16.2 Å². The lowest BCUT2D eigenvalue weighted by Gasteiger charge is -2.28. The van der Waals surface area contributed by atoms with Gasteiger partial charge in [-0.1, -0.05) is 29.8 Å². The van der Waals surface area contributed by atoms with Crippen molar-refractivity contribution in [2.45, 2.75) is 13.0 Å². The van der Waals surface area contributed by atoms with Crippen molar-refractivity contribution >= 4 is 38.9 Å². The second-order valence-electron chi connectivity index (χ2n) is 6.26. The van der Waals surface area contributed by atoms with Gasteiger partial charge in [-0.25, -0.2) is 8.42 Å². The molecular formula is C19H24ClN3O3S. The zero-order valence-corrected chi connectivity index (χ0v) is 17.2. The molecule has 1 N–H and O–H groups in total. The molecule has 0 radical (unpaired) electrons. The Balaban J connectivity index is 2.01. The number of carbonyl (C=O) groups is 1. The van der Waals surface area contributed by atoms with Gasteiger partial charge in [0.2, 0.25) is 15.9 Å². The molecule has 0 saturated heterocycles. The van der Waals surface area contributed by atoms with Crippen molar-refractivity contribution in [1.82, 2.24) is 5.32 Å². The van der Waals surface area contributed by atoms with E-state index in [1.54, 1.807) is 31.2 Å². The molecule has 0 aromatic heterocycles. The molecule has 0 saturated carbocycles. The van der Waals surface area contributed by atoms with E-state index in [4.69, 9.17) is 11.6 Å². The van der Waals surface area contributed by atoms with Gasteiger partial charge in [-0.15, -0.1) is 0 Å². The zero-order valence-electron chi connectivity index (χ0n) is 15.6. The number of likely N-dealkylation sites (N-methyl/N-ethyl adjacent to an activating group) is 1. The Labute approximate surface area is 165 Å². The van der Waals surface area contributed by atoms with Crippen molar-refractivity contribution in [3.05, 3.63) is 59.6 Å². The van der Waals surface area contributed by atoms with Crippen LogP contribution in [0.4, 0.5) is 11.4 Å². The molecule has 2 rings (SSSR count). The summed E-state index contributed by atoms with van der Waals surface area (Å²) in [5.41, 5.74) is 1.43. The van der Waals surface area contributed by atoms with E-state index in [1.807, 2.05) is 42.3 Å². The molecule has 27 heavy (non-hydrogen) atoms. The monoisotopic (exact) mass is 409 g/mol. The summed E-state index contributed by atoms with van der Waals surface area (Å²) >= 11 is 5.87. The second kappa shape index (κ2) is 9.10. The van der Waals surface area contributed by atoms with Crippen molar-refractivity contribution in [2.24, 2.45) is 0 Å². The lowest BCUT2D eigenvalue weighted by molar-refractivity contribution is -0.121. The Morgan fingerprint density at radius 1 is 1.07 bits per heavy atom. The predicted octanol–water partition coefficient (Wildman–Crippen LogP) is 2.75. The van der Waals surface area contributed by atoms with Gasteiger partial charge < -0.3 is 10.2 Å². The normalized spacial score (nSPS) is 12.3. The van der Waals surface area contributed by atoms with Gasteiger partial charge in [-0.05, 0) is 43.3 Å². The average Bonchev–Trinajstić information content (AvgIpc) is 2.63. The molecule has 0 heterocycles. The van der Waals surface area contributed by atoms with Crippen molar-refractivity contribution in [1.29, 1.82) is 0 Å². The molecule has 0 bridgehead atoms. The van der Waals surface area contributed by atoms with E-state index >= 15 is 0 Å². The van der Waals surface area contributed by atoms with E-state index in [-0.39, 0.29) is 5.91 Å². The summed E-state index contributed by atoms with van der Waals surface area (Å²) in [5, 5.41) is 3.30. The molecule has 146 valence electrons. The van der Waals surface area contributed by atoms with Crippen molar-refractivity contribution < 1.29 is 13.2 Å². The fraction of sp³-hybridized carbons (Fsp3) is 0.316. The highest BCUT2D eigenvalue weighted by atomic mass is 35.5. The van der Waals surface area contributed by atoms with Crippen molar-refractivity contribution in [3.8, 4) is 0 Å². The molecule has 6 nitrogen and oxygen atoms in total. The van der Waals surface area contributed by atoms with Crippen LogP contribution in [0.5, 0.6) is 0 Å². The van der Waals surface area contributed by atoms with Gasteiger partial charge in [-0.3, -0.25) is 9.10 Å². The summed E-state index contributed by atoms with van der Waals surface area (Å²) in [7, 11) is -1.71. The number of para-hydroxylation sites is 1. The van der Waals surface area contributed by atoms with E-state index in [1.165, 1.54) is 0 Å². The lowest BCUT2D eigenvalue weighted by Crippen LogP contribution is -2.49. The molecule has 0 aliphatic rings. The van der Waals surface area contributed by atoms with Crippen LogP contribution < -0.4 is 14.5 Å². The predicted molar refractivity (Wildman–Crippen MR) is 111 cm³/mol. The van der Waals surface area contributed by atoms with Gasteiger partial charge in [-0.2, -0.15) is 0 Å². The minimum atomic E-state index is -3.64. The standard InChI is InChI=1S/C19H24ClN3O3S/c1-15(23(27(3,25)26)18-11-9-16(20)10-12-18)19(24)21-13-14-22(2)17-7-5-4-6-8-17/h4-12,15H,13-14H2,1-3H3,(H,21,24)/t15-/m1/s1. The summed E-state index contributed by atoms with van der Waals surface area (Å²) in [6, 6.07) is 15.3. The molecule has 0 unspecified atom stereocenters. The van der Waals surface area contributed by atoms with Crippen LogP contribution in [0.15, 0.2) is 54.6 Å². The SMILES string of the molecule is C[C@H](C(=O)NCCN(C)c1ccccc1)N(c1ccc(Cl)cc1)S(C)(=O)=O. The minimum Gasteiger partial charge on any atom is -0.373 e. The van der Waals surface area contributed by atoms with Gasteiger partial charge in [0.15, 0.2) is 0 Å². The quantitative estimate of drug-likeness (QED) is 0.727. The molecule has 2 aromatic carbocycles. The van der Waals surface area contributed by atoms with Crippen LogP contribution in [0.2, 0.25) is 5.02 Å². The number of carbonyl (C=O) groups excluding carboxylic acids is 1. The van der Waals surface area contributed by atoms with Crippen LogP contribution >= 0.6 is 11.6 Å². The molecular weight excluding hydrogens is 386 g/mol. The van der Waals surface area contributed by atoms with Gasteiger partial charge in [0.25, 0.3) is 0 Å². The second-order valence-corrected chi connectivity index (χ2v) is 8.56. The van der Waals surface area contributed by atoms with Crippen LogP contribution in [0.3, 0.4) is 0 Å². The summed E-state index contributed by atoms with van der Waals surface area (Å²) in [6.07, 6.45) is 1.08. The molecule has 0 spiro atoms. The van der Waals surface area contributed by atoms with E-state index < -0.39 is 16.1 Å². The zero-order chi connectivity index (χ0) is 20.0. The smallest absolute Gasteiger partial charge is 0.243 e. The molecule has 1 atom stereocenters. The Bertz CT molecular complexity index is 858. The number of sulfonamides is 1. The number of hydrogen-bond acceptors (Lipinski definition) is 4. The third kappa shape index (κ3) is 5.87. The Hall–Kier alpha value is -2.25. The topological polar surface area (TPSA) is 69.7 Å². The molecule has 0 fully saturated rings. The highest BCUT2D eigenvalue weighted by molar-refractivity contribution is 7.92. The summed E-state index contributed by atoms with van der Waals surface area (Å²) < 4.78 is 25.6. The average molecular weight is 410 g/mol. The molecule has 1 amide bonds. The van der Waals surface area contributed by atoms with E-state index in [9.17, 15) is 13.2 Å². The number of rotatable bonds is 8. The van der Waals surface area contributed by atoms with E-state index in [2.05, 4.69) is 5.32 Å². The Morgan fingerprint density at radius 3 is 2.22 bits per heavy atom. The fourth-order valence-electron chi connectivity index (χ4n) is 2.70. The maximum atomic E-state index is 12.5. The van der Waals surface area contributed by atoms with Gasteiger partial charge in [0.05, 0.1) is 11.9 Å². The molecule has 2 aromatic rings. The molecule has 0 aliphatic heterocycles. The molecule has 8 heteroatoms.